The van der Waals surface area contributed by atoms with Crippen LogP contribution in [0.25, 0.3) is 0 Å². The van der Waals surface area contributed by atoms with Gasteiger partial charge >= 0.3 is 5.97 Å². The standard InChI is InChI=1S/C23H31NO4/c1-5-8-9-14-28-22(27)17-10-12-18(13-11-17)24-20-19(25)15-23(6-2,7-3)16(4)21(20)26/h10-13,20,24H,4-9,14-15H2,1-3H3. The number of hydrogen-bond donors (Lipinski definition) is 1. The van der Waals surface area contributed by atoms with Gasteiger partial charge in [0.15, 0.2) is 11.6 Å². The van der Waals surface area contributed by atoms with E-state index < -0.39 is 11.5 Å². The third-order valence-electron chi connectivity index (χ3n) is 5.80. The highest BCUT2D eigenvalue weighted by Crippen LogP contribution is 2.42. The summed E-state index contributed by atoms with van der Waals surface area (Å²) < 4.78 is 5.24. The summed E-state index contributed by atoms with van der Waals surface area (Å²) in [6.07, 6.45) is 4.73. The molecular formula is C23H31NO4. The second kappa shape index (κ2) is 9.67. The van der Waals surface area contributed by atoms with E-state index in [1.54, 1.807) is 24.3 Å². The van der Waals surface area contributed by atoms with Crippen molar-refractivity contribution >= 4 is 23.2 Å². The zero-order valence-corrected chi connectivity index (χ0v) is 17.2. The molecule has 5 nitrogen and oxygen atoms in total. The van der Waals surface area contributed by atoms with Crippen molar-refractivity contribution in [2.45, 2.75) is 65.3 Å². The van der Waals surface area contributed by atoms with Gasteiger partial charge in [-0.25, -0.2) is 4.79 Å². The van der Waals surface area contributed by atoms with Crippen LogP contribution in [0.4, 0.5) is 5.69 Å². The Bertz CT molecular complexity index is 731. The number of ether oxygens (including phenoxy) is 1. The van der Waals surface area contributed by atoms with Gasteiger partial charge in [-0.05, 0) is 49.1 Å². The lowest BCUT2D eigenvalue weighted by Gasteiger charge is -2.39. The molecule has 1 aromatic carbocycles. The molecule has 2 rings (SSSR count). The monoisotopic (exact) mass is 385 g/mol. The molecule has 1 aliphatic carbocycles. The summed E-state index contributed by atoms with van der Waals surface area (Å²) in [5.74, 6) is -0.712. The largest absolute Gasteiger partial charge is 0.462 e. The van der Waals surface area contributed by atoms with E-state index in [0.717, 1.165) is 32.1 Å². The fourth-order valence-corrected chi connectivity index (χ4v) is 3.67. The molecule has 1 unspecified atom stereocenters. The van der Waals surface area contributed by atoms with E-state index in [4.69, 9.17) is 4.74 Å². The molecule has 1 aliphatic rings. The van der Waals surface area contributed by atoms with Crippen molar-refractivity contribution in [2.24, 2.45) is 5.41 Å². The van der Waals surface area contributed by atoms with Crippen molar-refractivity contribution in [2.75, 3.05) is 11.9 Å². The van der Waals surface area contributed by atoms with E-state index in [9.17, 15) is 14.4 Å². The summed E-state index contributed by atoms with van der Waals surface area (Å²) in [7, 11) is 0. The molecule has 0 spiro atoms. The lowest BCUT2D eigenvalue weighted by Crippen LogP contribution is -2.49. The topological polar surface area (TPSA) is 72.5 Å². The number of benzene rings is 1. The number of esters is 1. The molecule has 1 saturated carbocycles. The van der Waals surface area contributed by atoms with Gasteiger partial charge < -0.3 is 10.1 Å². The van der Waals surface area contributed by atoms with Crippen LogP contribution in [-0.4, -0.2) is 30.2 Å². The van der Waals surface area contributed by atoms with Gasteiger partial charge in [0, 0.05) is 17.5 Å². The third-order valence-corrected chi connectivity index (χ3v) is 5.80. The van der Waals surface area contributed by atoms with Crippen LogP contribution in [0.2, 0.25) is 0 Å². The predicted molar refractivity (Wildman–Crippen MR) is 110 cm³/mol. The average Bonchev–Trinajstić information content (AvgIpc) is 2.71. The highest BCUT2D eigenvalue weighted by Gasteiger charge is 2.46. The van der Waals surface area contributed by atoms with Crippen LogP contribution in [0.5, 0.6) is 0 Å². The molecule has 152 valence electrons. The maximum absolute atomic E-state index is 12.8. The van der Waals surface area contributed by atoms with E-state index in [2.05, 4.69) is 18.8 Å². The minimum Gasteiger partial charge on any atom is -0.462 e. The zero-order chi connectivity index (χ0) is 20.7. The van der Waals surface area contributed by atoms with Gasteiger partial charge in [0.25, 0.3) is 0 Å². The van der Waals surface area contributed by atoms with Crippen molar-refractivity contribution in [3.8, 4) is 0 Å². The predicted octanol–water partition coefficient (Wildman–Crippen LogP) is 4.72. The van der Waals surface area contributed by atoms with Gasteiger partial charge in [-0.15, -0.1) is 0 Å². The number of Topliss-reactive ketones (excluding diaryl/α,β-unsaturated/α-hetero) is 2. The summed E-state index contributed by atoms with van der Waals surface area (Å²) in [6.45, 7) is 10.5. The molecule has 28 heavy (non-hydrogen) atoms. The third kappa shape index (κ3) is 4.70. The minimum atomic E-state index is -0.912. The molecule has 0 aliphatic heterocycles. The molecule has 0 heterocycles. The minimum absolute atomic E-state index is 0.111. The Kier molecular flexibility index (Phi) is 7.55. The second-order valence-electron chi connectivity index (χ2n) is 7.47. The van der Waals surface area contributed by atoms with Gasteiger partial charge in [-0.3, -0.25) is 9.59 Å². The van der Waals surface area contributed by atoms with Gasteiger partial charge in [-0.1, -0.05) is 40.2 Å². The summed E-state index contributed by atoms with van der Waals surface area (Å²) in [6, 6.07) is 5.74. The van der Waals surface area contributed by atoms with Gasteiger partial charge in [0.2, 0.25) is 0 Å². The average molecular weight is 386 g/mol. The molecule has 1 N–H and O–H groups in total. The van der Waals surface area contributed by atoms with Crippen LogP contribution in [-0.2, 0) is 14.3 Å². The Balaban J connectivity index is 2.02. The molecule has 5 heteroatoms. The number of hydrogen-bond acceptors (Lipinski definition) is 5. The summed E-state index contributed by atoms with van der Waals surface area (Å²) in [5, 5.41) is 3.01. The fraction of sp³-hybridized carbons (Fsp3) is 0.522. The fourth-order valence-electron chi connectivity index (χ4n) is 3.67. The van der Waals surface area contributed by atoms with Crippen LogP contribution in [0, 0.1) is 5.41 Å². The number of carbonyl (C=O) groups is 3. The first kappa shape index (κ1) is 21.9. The number of carbonyl (C=O) groups excluding carboxylic acids is 3. The molecule has 0 radical (unpaired) electrons. The number of ketones is 2. The number of unbranched alkanes of at least 4 members (excludes halogenated alkanes) is 2. The Labute approximate surface area is 167 Å². The Morgan fingerprint density at radius 3 is 2.36 bits per heavy atom. The van der Waals surface area contributed by atoms with E-state index in [0.29, 0.717) is 29.9 Å². The zero-order valence-electron chi connectivity index (χ0n) is 17.2. The van der Waals surface area contributed by atoms with Crippen molar-refractivity contribution in [3.05, 3.63) is 42.0 Å². The van der Waals surface area contributed by atoms with Crippen LogP contribution in [0.1, 0.15) is 69.7 Å². The summed E-state index contributed by atoms with van der Waals surface area (Å²) in [5.41, 5.74) is 1.17. The maximum atomic E-state index is 12.8. The number of anilines is 1. The SMILES string of the molecule is C=C1C(=O)C(Nc2ccc(C(=O)OCCCCC)cc2)C(=O)CC1(CC)CC. The lowest BCUT2D eigenvalue weighted by atomic mass is 9.65. The van der Waals surface area contributed by atoms with Gasteiger partial charge in [-0.2, -0.15) is 0 Å². The molecule has 1 aromatic rings. The highest BCUT2D eigenvalue weighted by molar-refractivity contribution is 6.19. The summed E-state index contributed by atoms with van der Waals surface area (Å²) >= 11 is 0. The van der Waals surface area contributed by atoms with Gasteiger partial charge in [0.05, 0.1) is 12.2 Å². The van der Waals surface area contributed by atoms with Crippen molar-refractivity contribution in [3.63, 3.8) is 0 Å². The summed E-state index contributed by atoms with van der Waals surface area (Å²) in [4.78, 5) is 37.4. The van der Waals surface area contributed by atoms with Crippen molar-refractivity contribution in [1.82, 2.24) is 0 Å². The first-order valence-corrected chi connectivity index (χ1v) is 10.2. The van der Waals surface area contributed by atoms with Gasteiger partial charge in [0.1, 0.15) is 6.04 Å². The van der Waals surface area contributed by atoms with Crippen LogP contribution < -0.4 is 5.32 Å². The van der Waals surface area contributed by atoms with E-state index in [-0.39, 0.29) is 17.5 Å². The number of rotatable bonds is 9. The van der Waals surface area contributed by atoms with Crippen molar-refractivity contribution < 1.29 is 19.1 Å². The molecule has 1 atom stereocenters. The van der Waals surface area contributed by atoms with Crippen molar-refractivity contribution in [1.29, 1.82) is 0 Å². The smallest absolute Gasteiger partial charge is 0.338 e. The van der Waals surface area contributed by atoms with Crippen LogP contribution in [0.3, 0.4) is 0 Å². The Morgan fingerprint density at radius 1 is 1.14 bits per heavy atom. The molecule has 1 fully saturated rings. The van der Waals surface area contributed by atoms with Crippen LogP contribution >= 0.6 is 0 Å². The first-order chi connectivity index (χ1) is 13.4. The number of nitrogens with one attached hydrogen (secondary N) is 1. The highest BCUT2D eigenvalue weighted by atomic mass is 16.5. The van der Waals surface area contributed by atoms with E-state index >= 15 is 0 Å². The normalized spacial score (nSPS) is 18.8. The van der Waals surface area contributed by atoms with E-state index in [1.807, 2.05) is 13.8 Å². The Hall–Kier alpha value is -2.43. The molecule has 0 bridgehead atoms. The second-order valence-corrected chi connectivity index (χ2v) is 7.47. The molecule has 0 saturated heterocycles. The molecule has 0 amide bonds. The van der Waals surface area contributed by atoms with Crippen LogP contribution in [0.15, 0.2) is 36.4 Å². The quantitative estimate of drug-likeness (QED) is 0.288. The lowest BCUT2D eigenvalue weighted by molar-refractivity contribution is -0.131. The molecular weight excluding hydrogens is 354 g/mol. The molecule has 0 aromatic heterocycles. The Morgan fingerprint density at radius 2 is 1.79 bits per heavy atom. The first-order valence-electron chi connectivity index (χ1n) is 10.2. The van der Waals surface area contributed by atoms with E-state index in [1.165, 1.54) is 0 Å². The maximum Gasteiger partial charge on any atom is 0.338 e.